The van der Waals surface area contributed by atoms with Crippen LogP contribution in [-0.4, -0.2) is 20.3 Å². The van der Waals surface area contributed by atoms with Gasteiger partial charge in [-0.1, -0.05) is 34.5 Å². The largest absolute Gasteiger partial charge is 0.318 e. The Hall–Kier alpha value is -1.63. The number of hydrogen-bond donors (Lipinski definition) is 0. The van der Waals surface area contributed by atoms with E-state index < -0.39 is 0 Å². The molecular weight excluding hydrogens is 367 g/mol. The molecule has 0 saturated heterocycles. The van der Waals surface area contributed by atoms with Crippen molar-refractivity contribution in [1.29, 1.82) is 0 Å². The molecule has 0 radical (unpaired) electrons. The number of thiazole rings is 1. The topological polar surface area (TPSA) is 52.2 Å². The summed E-state index contributed by atoms with van der Waals surface area (Å²) in [6.07, 6.45) is 0. The molecule has 8 heteroatoms. The van der Waals surface area contributed by atoms with E-state index in [2.05, 4.69) is 10.1 Å². The maximum Gasteiger partial charge on any atom is 0.300 e. The zero-order valence-electron chi connectivity index (χ0n) is 13.7. The van der Waals surface area contributed by atoms with Crippen LogP contribution >= 0.6 is 34.5 Å². The van der Waals surface area contributed by atoms with Crippen LogP contribution in [0.2, 0.25) is 10.0 Å². The number of aromatic nitrogens is 3. The molecule has 1 aromatic carbocycles. The summed E-state index contributed by atoms with van der Waals surface area (Å²) in [6, 6.07) is 5.55. The SMILES string of the molecule is Cc1cc(C(=O)N=c2sc3ccc(Cl)c(Cl)c3n2C)nn1C(C)C. The smallest absolute Gasteiger partial charge is 0.300 e. The van der Waals surface area contributed by atoms with Crippen molar-refractivity contribution in [3.63, 3.8) is 0 Å². The van der Waals surface area contributed by atoms with E-state index in [4.69, 9.17) is 23.2 Å². The minimum absolute atomic E-state index is 0.188. The molecule has 126 valence electrons. The lowest BCUT2D eigenvalue weighted by molar-refractivity contribution is 0.0992. The average Bonchev–Trinajstić information content (AvgIpc) is 3.05. The van der Waals surface area contributed by atoms with Gasteiger partial charge in [0, 0.05) is 18.8 Å². The van der Waals surface area contributed by atoms with E-state index >= 15 is 0 Å². The van der Waals surface area contributed by atoms with Crippen molar-refractivity contribution >= 4 is 50.7 Å². The number of rotatable bonds is 2. The summed E-state index contributed by atoms with van der Waals surface area (Å²) >= 11 is 13.7. The fraction of sp³-hybridized carbons (Fsp3) is 0.312. The van der Waals surface area contributed by atoms with E-state index in [1.54, 1.807) is 16.7 Å². The van der Waals surface area contributed by atoms with Crippen molar-refractivity contribution < 1.29 is 4.79 Å². The molecule has 0 saturated carbocycles. The summed E-state index contributed by atoms with van der Waals surface area (Å²) in [5.74, 6) is -0.373. The highest BCUT2D eigenvalue weighted by Crippen LogP contribution is 2.31. The first-order chi connectivity index (χ1) is 11.3. The molecule has 5 nitrogen and oxygen atoms in total. The third-order valence-corrected chi connectivity index (χ3v) is 5.57. The predicted molar refractivity (Wildman–Crippen MR) is 98.1 cm³/mol. The highest BCUT2D eigenvalue weighted by Gasteiger charge is 2.15. The monoisotopic (exact) mass is 382 g/mol. The lowest BCUT2D eigenvalue weighted by Crippen LogP contribution is -2.14. The zero-order valence-corrected chi connectivity index (χ0v) is 16.0. The second-order valence-electron chi connectivity index (χ2n) is 5.78. The molecule has 24 heavy (non-hydrogen) atoms. The summed E-state index contributed by atoms with van der Waals surface area (Å²) in [5.41, 5.74) is 2.03. The van der Waals surface area contributed by atoms with Gasteiger partial charge in [-0.15, -0.1) is 0 Å². The van der Waals surface area contributed by atoms with Gasteiger partial charge in [-0.25, -0.2) is 0 Å². The molecule has 3 rings (SSSR count). The van der Waals surface area contributed by atoms with E-state index in [9.17, 15) is 4.79 Å². The molecule has 0 spiro atoms. The Labute approximate surface area is 153 Å². The van der Waals surface area contributed by atoms with Gasteiger partial charge in [0.1, 0.15) is 0 Å². The molecule has 0 aliphatic rings. The molecule has 0 unspecified atom stereocenters. The molecule has 2 heterocycles. The van der Waals surface area contributed by atoms with Gasteiger partial charge in [0.25, 0.3) is 5.91 Å². The van der Waals surface area contributed by atoms with Crippen molar-refractivity contribution in [1.82, 2.24) is 14.3 Å². The minimum atomic E-state index is -0.373. The predicted octanol–water partition coefficient (Wildman–Crippen LogP) is 4.37. The number of carbonyl (C=O) groups excluding carboxylic acids is 1. The number of benzene rings is 1. The number of aryl methyl sites for hydroxylation is 2. The van der Waals surface area contributed by atoms with Gasteiger partial charge in [0.15, 0.2) is 10.5 Å². The summed E-state index contributed by atoms with van der Waals surface area (Å²) in [5, 5.41) is 5.28. The first-order valence-electron chi connectivity index (χ1n) is 7.38. The summed E-state index contributed by atoms with van der Waals surface area (Å²) < 4.78 is 4.50. The lowest BCUT2D eigenvalue weighted by atomic mass is 10.3. The number of hydrogen-bond acceptors (Lipinski definition) is 3. The normalized spacial score (nSPS) is 12.5. The van der Waals surface area contributed by atoms with E-state index in [-0.39, 0.29) is 11.9 Å². The zero-order chi connectivity index (χ0) is 17.6. The Morgan fingerprint density at radius 2 is 2.04 bits per heavy atom. The Kier molecular flexibility index (Phi) is 4.55. The van der Waals surface area contributed by atoms with E-state index in [1.165, 1.54) is 11.3 Å². The fourth-order valence-electron chi connectivity index (χ4n) is 2.54. The van der Waals surface area contributed by atoms with Gasteiger partial charge in [-0.2, -0.15) is 10.1 Å². The standard InChI is InChI=1S/C16H16Cl2N4OS/c1-8(2)22-9(3)7-11(20-22)15(23)19-16-21(4)14-12(24-16)6-5-10(17)13(14)18/h5-8H,1-4H3. The maximum absolute atomic E-state index is 12.5. The summed E-state index contributed by atoms with van der Waals surface area (Å²) in [6.45, 7) is 5.96. The molecule has 0 fully saturated rings. The van der Waals surface area contributed by atoms with Crippen LogP contribution in [-0.2, 0) is 7.05 Å². The highest BCUT2D eigenvalue weighted by molar-refractivity contribution is 7.16. The molecule has 1 amide bonds. The number of carbonyl (C=O) groups is 1. The summed E-state index contributed by atoms with van der Waals surface area (Å²) in [7, 11) is 1.81. The molecule has 0 aliphatic heterocycles. The third-order valence-electron chi connectivity index (χ3n) is 3.68. The van der Waals surface area contributed by atoms with Gasteiger partial charge in [-0.3, -0.25) is 9.48 Å². The van der Waals surface area contributed by atoms with Gasteiger partial charge < -0.3 is 4.57 Å². The van der Waals surface area contributed by atoms with Crippen molar-refractivity contribution in [2.24, 2.45) is 12.0 Å². The first-order valence-corrected chi connectivity index (χ1v) is 8.95. The Morgan fingerprint density at radius 1 is 1.33 bits per heavy atom. The van der Waals surface area contributed by atoms with Gasteiger partial charge >= 0.3 is 0 Å². The fourth-order valence-corrected chi connectivity index (χ4v) is 4.06. The van der Waals surface area contributed by atoms with Crippen LogP contribution in [0.1, 0.15) is 36.1 Å². The number of fused-ring (bicyclic) bond motifs is 1. The lowest BCUT2D eigenvalue weighted by Gasteiger charge is -2.06. The number of nitrogens with zero attached hydrogens (tertiary/aromatic N) is 4. The number of amides is 1. The Balaban J connectivity index is 2.10. The van der Waals surface area contributed by atoms with Gasteiger partial charge in [0.05, 0.1) is 20.3 Å². The summed E-state index contributed by atoms with van der Waals surface area (Å²) in [4.78, 5) is 17.2. The molecule has 0 bridgehead atoms. The molecule has 3 aromatic rings. The molecule has 0 aliphatic carbocycles. The first kappa shape index (κ1) is 17.2. The average molecular weight is 383 g/mol. The minimum Gasteiger partial charge on any atom is -0.318 e. The van der Waals surface area contributed by atoms with E-state index in [0.717, 1.165) is 15.9 Å². The van der Waals surface area contributed by atoms with Crippen LogP contribution in [0.5, 0.6) is 0 Å². The number of halogens is 2. The molecule has 0 N–H and O–H groups in total. The van der Waals surface area contributed by atoms with Gasteiger partial charge in [0.2, 0.25) is 0 Å². The van der Waals surface area contributed by atoms with E-state index in [1.807, 2.05) is 38.6 Å². The highest BCUT2D eigenvalue weighted by atomic mass is 35.5. The Bertz CT molecular complexity index is 1010. The van der Waals surface area contributed by atoms with Crippen LogP contribution in [0.15, 0.2) is 23.2 Å². The third kappa shape index (κ3) is 2.90. The quantitative estimate of drug-likeness (QED) is 0.660. The second-order valence-corrected chi connectivity index (χ2v) is 7.57. The van der Waals surface area contributed by atoms with Crippen LogP contribution in [0.25, 0.3) is 10.2 Å². The van der Waals surface area contributed by atoms with Crippen molar-refractivity contribution in [3.05, 3.63) is 44.4 Å². The molecule has 0 atom stereocenters. The maximum atomic E-state index is 12.5. The van der Waals surface area contributed by atoms with Crippen molar-refractivity contribution in [2.45, 2.75) is 26.8 Å². The van der Waals surface area contributed by atoms with Crippen molar-refractivity contribution in [3.8, 4) is 0 Å². The van der Waals surface area contributed by atoms with Crippen LogP contribution in [0.4, 0.5) is 0 Å². The van der Waals surface area contributed by atoms with Crippen LogP contribution in [0.3, 0.4) is 0 Å². The van der Waals surface area contributed by atoms with Crippen LogP contribution < -0.4 is 4.80 Å². The van der Waals surface area contributed by atoms with Gasteiger partial charge in [-0.05, 0) is 39.0 Å². The second kappa shape index (κ2) is 6.35. The van der Waals surface area contributed by atoms with Crippen molar-refractivity contribution in [2.75, 3.05) is 0 Å². The molecule has 2 aromatic heterocycles. The van der Waals surface area contributed by atoms with E-state index in [0.29, 0.717) is 20.5 Å². The molecular formula is C16H16Cl2N4OS. The Morgan fingerprint density at radius 3 is 2.67 bits per heavy atom. The van der Waals surface area contributed by atoms with Crippen LogP contribution in [0, 0.1) is 6.92 Å².